The van der Waals surface area contributed by atoms with E-state index in [1.54, 1.807) is 37.3 Å². The third-order valence-corrected chi connectivity index (χ3v) is 5.27. The van der Waals surface area contributed by atoms with Gasteiger partial charge in [0.2, 0.25) is 0 Å². The summed E-state index contributed by atoms with van der Waals surface area (Å²) < 4.78 is 46.4. The molecule has 0 atom stereocenters. The zero-order valence-electron chi connectivity index (χ0n) is 15.1. The van der Waals surface area contributed by atoms with Gasteiger partial charge in [0, 0.05) is 5.56 Å². The molecule has 0 bridgehead atoms. The molecular weight excluding hydrogens is 337 g/mol. The van der Waals surface area contributed by atoms with Crippen molar-refractivity contribution in [3.8, 4) is 5.75 Å². The number of ether oxygens (including phenoxy) is 1. The average Bonchev–Trinajstić information content (AvgIpc) is 2.66. The molecule has 1 aliphatic carbocycles. The van der Waals surface area contributed by atoms with Crippen LogP contribution in [0.25, 0.3) is 6.08 Å². The third kappa shape index (κ3) is 3.95. The van der Waals surface area contributed by atoms with E-state index in [4.69, 9.17) is 4.74 Å². The minimum atomic E-state index is -0.788. The Morgan fingerprint density at radius 3 is 2.35 bits per heavy atom. The maximum atomic E-state index is 13.9. The van der Waals surface area contributed by atoms with Gasteiger partial charge in [0.1, 0.15) is 0 Å². The molecule has 0 radical (unpaired) electrons. The number of allylic oxidation sites excluding steroid dienone is 1. The Labute approximate surface area is 152 Å². The van der Waals surface area contributed by atoms with E-state index in [0.717, 1.165) is 31.2 Å². The lowest BCUT2D eigenvalue weighted by molar-refractivity contribution is 0.370. The molecule has 0 aromatic heterocycles. The fourth-order valence-electron chi connectivity index (χ4n) is 3.61. The second-order valence-electron chi connectivity index (χ2n) is 6.96. The van der Waals surface area contributed by atoms with E-state index in [-0.39, 0.29) is 17.1 Å². The van der Waals surface area contributed by atoms with E-state index < -0.39 is 11.6 Å². The predicted octanol–water partition coefficient (Wildman–Crippen LogP) is 6.41. The van der Waals surface area contributed by atoms with Crippen molar-refractivity contribution in [1.82, 2.24) is 0 Å². The van der Waals surface area contributed by atoms with E-state index in [1.165, 1.54) is 7.11 Å². The molecular formula is C22H23F3O. The number of hydrogen-bond donors (Lipinski definition) is 0. The summed E-state index contributed by atoms with van der Waals surface area (Å²) in [7, 11) is 1.46. The summed E-state index contributed by atoms with van der Waals surface area (Å²) in [5.41, 5.74) is 1.59. The van der Waals surface area contributed by atoms with Gasteiger partial charge in [-0.15, -0.1) is 0 Å². The molecule has 26 heavy (non-hydrogen) atoms. The zero-order valence-corrected chi connectivity index (χ0v) is 15.1. The molecule has 138 valence electrons. The van der Waals surface area contributed by atoms with Crippen LogP contribution in [0.2, 0.25) is 0 Å². The van der Waals surface area contributed by atoms with Crippen LogP contribution < -0.4 is 4.74 Å². The van der Waals surface area contributed by atoms with Gasteiger partial charge in [0.15, 0.2) is 23.2 Å². The summed E-state index contributed by atoms with van der Waals surface area (Å²) >= 11 is 0. The molecule has 1 saturated carbocycles. The lowest BCUT2D eigenvalue weighted by atomic mass is 9.78. The number of methoxy groups -OCH3 is 1. The van der Waals surface area contributed by atoms with Crippen LogP contribution in [0.3, 0.4) is 0 Å². The lowest BCUT2D eigenvalue weighted by Gasteiger charge is -2.27. The molecule has 0 heterocycles. The molecule has 1 aliphatic rings. The molecule has 0 N–H and O–H groups in total. The molecule has 0 saturated heterocycles. The summed E-state index contributed by atoms with van der Waals surface area (Å²) in [6.45, 7) is 1.55. The van der Waals surface area contributed by atoms with Crippen LogP contribution >= 0.6 is 0 Å². The molecule has 0 spiro atoms. The van der Waals surface area contributed by atoms with Crippen LogP contribution in [0.5, 0.6) is 5.75 Å². The van der Waals surface area contributed by atoms with Crippen LogP contribution in [0, 0.1) is 30.3 Å². The van der Waals surface area contributed by atoms with Crippen LogP contribution in [-0.2, 0) is 0 Å². The lowest BCUT2D eigenvalue weighted by Crippen LogP contribution is -2.12. The van der Waals surface area contributed by atoms with Gasteiger partial charge in [-0.2, -0.15) is 0 Å². The van der Waals surface area contributed by atoms with Crippen molar-refractivity contribution in [3.63, 3.8) is 0 Å². The van der Waals surface area contributed by atoms with E-state index in [1.807, 2.05) is 12.1 Å². The normalized spacial score (nSPS) is 20.5. The van der Waals surface area contributed by atoms with E-state index in [0.29, 0.717) is 17.4 Å². The van der Waals surface area contributed by atoms with Gasteiger partial charge in [-0.1, -0.05) is 30.4 Å². The molecule has 1 fully saturated rings. The first-order valence-corrected chi connectivity index (χ1v) is 8.96. The largest absolute Gasteiger partial charge is 0.494 e. The number of rotatable bonds is 4. The SMILES string of the molecule is COc1ccc(C2CCC(/C=C/c3ccc(C)c(F)c3F)CC2)cc1F. The molecule has 0 unspecified atom stereocenters. The minimum Gasteiger partial charge on any atom is -0.494 e. The first kappa shape index (κ1) is 18.6. The monoisotopic (exact) mass is 360 g/mol. The van der Waals surface area contributed by atoms with E-state index in [2.05, 4.69) is 0 Å². The number of benzene rings is 2. The van der Waals surface area contributed by atoms with Crippen molar-refractivity contribution in [3.05, 3.63) is 70.5 Å². The summed E-state index contributed by atoms with van der Waals surface area (Å²) in [6.07, 6.45) is 7.44. The average molecular weight is 360 g/mol. The summed E-state index contributed by atoms with van der Waals surface area (Å²) in [4.78, 5) is 0. The number of hydrogen-bond acceptors (Lipinski definition) is 1. The van der Waals surface area contributed by atoms with E-state index >= 15 is 0 Å². The van der Waals surface area contributed by atoms with Crippen LogP contribution in [0.4, 0.5) is 13.2 Å². The Hall–Kier alpha value is -2.23. The highest BCUT2D eigenvalue weighted by Crippen LogP contribution is 2.37. The Bertz CT molecular complexity index is 805. The Morgan fingerprint density at radius 2 is 1.69 bits per heavy atom. The summed E-state index contributed by atoms with van der Waals surface area (Å²) in [5, 5.41) is 0. The van der Waals surface area contributed by atoms with Gasteiger partial charge in [-0.3, -0.25) is 0 Å². The van der Waals surface area contributed by atoms with Gasteiger partial charge in [-0.25, -0.2) is 13.2 Å². The summed E-state index contributed by atoms with van der Waals surface area (Å²) in [6, 6.07) is 8.35. The quantitative estimate of drug-likeness (QED) is 0.612. The molecule has 0 amide bonds. The van der Waals surface area contributed by atoms with Crippen molar-refractivity contribution in [2.75, 3.05) is 7.11 Å². The van der Waals surface area contributed by atoms with Crippen molar-refractivity contribution in [2.45, 2.75) is 38.5 Å². The summed E-state index contributed by atoms with van der Waals surface area (Å²) in [5.74, 6) is -0.977. The Balaban J connectivity index is 1.62. The minimum absolute atomic E-state index is 0.262. The van der Waals surface area contributed by atoms with Crippen LogP contribution in [0.15, 0.2) is 36.4 Å². The molecule has 2 aromatic rings. The molecule has 2 aromatic carbocycles. The predicted molar refractivity (Wildman–Crippen MR) is 97.8 cm³/mol. The first-order chi connectivity index (χ1) is 12.5. The van der Waals surface area contributed by atoms with Gasteiger partial charge < -0.3 is 4.74 Å². The molecule has 4 heteroatoms. The number of aryl methyl sites for hydroxylation is 1. The van der Waals surface area contributed by atoms with Crippen LogP contribution in [0.1, 0.15) is 48.3 Å². The maximum Gasteiger partial charge on any atom is 0.166 e. The highest BCUT2D eigenvalue weighted by molar-refractivity contribution is 5.51. The van der Waals surface area contributed by atoms with Gasteiger partial charge in [-0.05, 0) is 67.7 Å². The fourth-order valence-corrected chi connectivity index (χ4v) is 3.61. The molecule has 1 nitrogen and oxygen atoms in total. The van der Waals surface area contributed by atoms with Crippen molar-refractivity contribution in [1.29, 1.82) is 0 Å². The standard InChI is InChI=1S/C22H23F3O/c1-14-3-7-17(22(25)21(14)24)10-6-15-4-8-16(9-5-15)18-11-12-20(26-2)19(23)13-18/h3,6-7,10-13,15-16H,4-5,8-9H2,1-2H3/b10-6+. The van der Waals surface area contributed by atoms with Gasteiger partial charge in [0.25, 0.3) is 0 Å². The maximum absolute atomic E-state index is 13.9. The smallest absolute Gasteiger partial charge is 0.166 e. The van der Waals surface area contributed by atoms with Crippen molar-refractivity contribution < 1.29 is 17.9 Å². The topological polar surface area (TPSA) is 9.23 Å². The van der Waals surface area contributed by atoms with Crippen molar-refractivity contribution >= 4 is 6.08 Å². The highest BCUT2D eigenvalue weighted by atomic mass is 19.2. The van der Waals surface area contributed by atoms with Crippen molar-refractivity contribution in [2.24, 2.45) is 5.92 Å². The third-order valence-electron chi connectivity index (χ3n) is 5.27. The second kappa shape index (κ2) is 7.98. The van der Waals surface area contributed by atoms with Gasteiger partial charge in [0.05, 0.1) is 7.11 Å². The second-order valence-corrected chi connectivity index (χ2v) is 6.96. The van der Waals surface area contributed by atoms with Crippen LogP contribution in [-0.4, -0.2) is 7.11 Å². The fraction of sp³-hybridized carbons (Fsp3) is 0.364. The molecule has 0 aliphatic heterocycles. The van der Waals surface area contributed by atoms with Gasteiger partial charge >= 0.3 is 0 Å². The molecule has 3 rings (SSSR count). The number of halogens is 3. The zero-order chi connectivity index (χ0) is 18.7. The van der Waals surface area contributed by atoms with E-state index in [9.17, 15) is 13.2 Å². The highest BCUT2D eigenvalue weighted by Gasteiger charge is 2.22. The first-order valence-electron chi connectivity index (χ1n) is 8.96. The Kier molecular flexibility index (Phi) is 5.70. The Morgan fingerprint density at radius 1 is 0.962 bits per heavy atom.